The molecule has 8 nitrogen and oxygen atoms in total. The first-order valence-corrected chi connectivity index (χ1v) is 11.4. The van der Waals surface area contributed by atoms with Crippen LogP contribution in [0, 0.1) is 30.1 Å². The zero-order valence-corrected chi connectivity index (χ0v) is 18.7. The predicted octanol–water partition coefficient (Wildman–Crippen LogP) is 3.25. The number of anilines is 1. The Morgan fingerprint density at radius 3 is 2.59 bits per heavy atom. The number of fused-ring (bicyclic) bond motifs is 1. The Bertz CT molecular complexity index is 1170. The molecule has 3 aromatic heterocycles. The number of nitrogens with zero attached hydrogens (tertiary/aromatic N) is 6. The molecule has 2 fully saturated rings. The third kappa shape index (κ3) is 3.72. The van der Waals surface area contributed by atoms with E-state index in [1.165, 1.54) is 0 Å². The van der Waals surface area contributed by atoms with Gasteiger partial charge in [-0.15, -0.1) is 0 Å². The van der Waals surface area contributed by atoms with E-state index in [9.17, 15) is 4.79 Å². The number of carbonyl (C=O) groups excluding carboxylic acids is 1. The highest BCUT2D eigenvalue weighted by atomic mass is 16.2. The highest BCUT2D eigenvalue weighted by molar-refractivity contribution is 5.94. The third-order valence-corrected chi connectivity index (χ3v) is 7.00. The van der Waals surface area contributed by atoms with Gasteiger partial charge in [0.15, 0.2) is 0 Å². The van der Waals surface area contributed by atoms with Crippen molar-refractivity contribution in [1.82, 2.24) is 24.6 Å². The van der Waals surface area contributed by atoms with Crippen LogP contribution in [0.25, 0.3) is 22.3 Å². The van der Waals surface area contributed by atoms with Gasteiger partial charge < -0.3 is 14.8 Å². The van der Waals surface area contributed by atoms with Crippen molar-refractivity contribution in [2.75, 3.05) is 31.1 Å². The van der Waals surface area contributed by atoms with E-state index >= 15 is 0 Å². The number of hydrogen-bond acceptors (Lipinski definition) is 5. The molecule has 0 radical (unpaired) electrons. The fraction of sp³-hybridized carbons (Fsp3) is 0.500. The van der Waals surface area contributed by atoms with Crippen LogP contribution in [-0.2, 0) is 11.8 Å². The zero-order chi connectivity index (χ0) is 22.2. The van der Waals surface area contributed by atoms with Crippen molar-refractivity contribution in [1.29, 1.82) is 5.26 Å². The van der Waals surface area contributed by atoms with Crippen LogP contribution in [0.2, 0.25) is 0 Å². The standard InChI is InChI=1S/C24H29N7O/c1-16-20(15-29(2)28-16)21-13-19-22(7-8-26-23(19)27-21)30-9-11-31(12-10-30)24(32)18-5-3-17(14-25)4-6-18/h7-8,13,15,17-18H,3-6,9-12H2,1-2H3,(H,26,27)/t17-,18-. The molecule has 1 N–H and O–H groups in total. The molecule has 1 aliphatic heterocycles. The Kier molecular flexibility index (Phi) is 5.33. The molecule has 0 bridgehead atoms. The zero-order valence-electron chi connectivity index (χ0n) is 18.7. The summed E-state index contributed by atoms with van der Waals surface area (Å²) < 4.78 is 1.83. The Balaban J connectivity index is 1.29. The number of nitrogens with one attached hydrogen (secondary N) is 1. The number of hydrogen-bond donors (Lipinski definition) is 1. The summed E-state index contributed by atoms with van der Waals surface area (Å²) in [6, 6.07) is 6.58. The van der Waals surface area contributed by atoms with E-state index in [4.69, 9.17) is 5.26 Å². The van der Waals surface area contributed by atoms with Crippen LogP contribution >= 0.6 is 0 Å². The van der Waals surface area contributed by atoms with E-state index in [2.05, 4.69) is 38.2 Å². The minimum Gasteiger partial charge on any atom is -0.367 e. The first-order valence-electron chi connectivity index (χ1n) is 11.4. The molecule has 0 spiro atoms. The Morgan fingerprint density at radius 1 is 1.19 bits per heavy atom. The number of amides is 1. The number of aryl methyl sites for hydroxylation is 2. The summed E-state index contributed by atoms with van der Waals surface area (Å²) in [6.07, 6.45) is 7.28. The highest BCUT2D eigenvalue weighted by Crippen LogP contribution is 2.33. The monoisotopic (exact) mass is 431 g/mol. The van der Waals surface area contributed by atoms with Crippen molar-refractivity contribution >= 4 is 22.6 Å². The van der Waals surface area contributed by atoms with Crippen LogP contribution in [0.15, 0.2) is 24.5 Å². The van der Waals surface area contributed by atoms with E-state index in [0.29, 0.717) is 0 Å². The summed E-state index contributed by atoms with van der Waals surface area (Å²) in [7, 11) is 1.93. The van der Waals surface area contributed by atoms with Crippen molar-refractivity contribution in [3.05, 3.63) is 30.2 Å². The van der Waals surface area contributed by atoms with Gasteiger partial charge in [0.2, 0.25) is 5.91 Å². The molecular formula is C24H29N7O. The first-order chi connectivity index (χ1) is 15.5. The summed E-state index contributed by atoms with van der Waals surface area (Å²) >= 11 is 0. The summed E-state index contributed by atoms with van der Waals surface area (Å²) in [5.74, 6) is 0.498. The van der Waals surface area contributed by atoms with E-state index in [1.54, 1.807) is 0 Å². The van der Waals surface area contributed by atoms with Gasteiger partial charge in [-0.3, -0.25) is 9.48 Å². The number of aromatic nitrogens is 4. The number of pyridine rings is 1. The first kappa shape index (κ1) is 20.6. The maximum absolute atomic E-state index is 13.0. The molecule has 3 aromatic rings. The van der Waals surface area contributed by atoms with Gasteiger partial charge in [-0.25, -0.2) is 4.98 Å². The molecule has 1 saturated carbocycles. The molecule has 8 heteroatoms. The predicted molar refractivity (Wildman–Crippen MR) is 123 cm³/mol. The smallest absolute Gasteiger partial charge is 0.225 e. The second-order valence-electron chi connectivity index (χ2n) is 9.07. The van der Waals surface area contributed by atoms with Crippen LogP contribution in [0.1, 0.15) is 31.4 Å². The van der Waals surface area contributed by atoms with Gasteiger partial charge in [0.25, 0.3) is 0 Å². The van der Waals surface area contributed by atoms with Gasteiger partial charge >= 0.3 is 0 Å². The normalized spacial score (nSPS) is 21.7. The average molecular weight is 432 g/mol. The molecule has 0 aromatic carbocycles. The summed E-state index contributed by atoms with van der Waals surface area (Å²) in [4.78, 5) is 25.4. The van der Waals surface area contributed by atoms with Crippen LogP contribution in [0.4, 0.5) is 5.69 Å². The molecule has 166 valence electrons. The molecule has 0 unspecified atom stereocenters. The second-order valence-corrected chi connectivity index (χ2v) is 9.07. The average Bonchev–Trinajstić information content (AvgIpc) is 3.40. The number of H-pyrrole nitrogens is 1. The molecule has 1 aliphatic carbocycles. The molecule has 5 rings (SSSR count). The van der Waals surface area contributed by atoms with Crippen molar-refractivity contribution in [3.8, 4) is 17.3 Å². The van der Waals surface area contributed by atoms with Crippen molar-refractivity contribution in [3.63, 3.8) is 0 Å². The number of piperazine rings is 1. The molecule has 0 atom stereocenters. The number of rotatable bonds is 3. The van der Waals surface area contributed by atoms with Gasteiger partial charge in [0, 0.05) is 74.1 Å². The minimum absolute atomic E-state index is 0.0914. The molecule has 2 aliphatic rings. The van der Waals surface area contributed by atoms with E-state index in [0.717, 1.165) is 85.5 Å². The van der Waals surface area contributed by atoms with Crippen molar-refractivity contribution in [2.45, 2.75) is 32.6 Å². The van der Waals surface area contributed by atoms with Crippen molar-refractivity contribution in [2.24, 2.45) is 18.9 Å². The third-order valence-electron chi connectivity index (χ3n) is 7.00. The molecule has 1 amide bonds. The summed E-state index contributed by atoms with van der Waals surface area (Å²) in [6.45, 7) is 5.10. The molecule has 1 saturated heterocycles. The van der Waals surface area contributed by atoms with Crippen LogP contribution in [-0.4, -0.2) is 56.7 Å². The van der Waals surface area contributed by atoms with Gasteiger partial charge in [-0.05, 0) is 44.7 Å². The maximum atomic E-state index is 13.0. The van der Waals surface area contributed by atoms with Crippen LogP contribution in [0.3, 0.4) is 0 Å². The van der Waals surface area contributed by atoms with Gasteiger partial charge in [0.05, 0.1) is 17.5 Å². The Hall–Kier alpha value is -3.34. The van der Waals surface area contributed by atoms with Gasteiger partial charge in [0.1, 0.15) is 5.65 Å². The van der Waals surface area contributed by atoms with Crippen LogP contribution in [0.5, 0.6) is 0 Å². The summed E-state index contributed by atoms with van der Waals surface area (Å²) in [5, 5.41) is 14.6. The molecular weight excluding hydrogens is 402 g/mol. The lowest BCUT2D eigenvalue weighted by atomic mass is 9.82. The van der Waals surface area contributed by atoms with Crippen molar-refractivity contribution < 1.29 is 4.79 Å². The van der Waals surface area contributed by atoms with Gasteiger partial charge in [-0.2, -0.15) is 10.4 Å². The van der Waals surface area contributed by atoms with E-state index < -0.39 is 0 Å². The van der Waals surface area contributed by atoms with E-state index in [-0.39, 0.29) is 17.7 Å². The molecule has 32 heavy (non-hydrogen) atoms. The number of aromatic amines is 1. The van der Waals surface area contributed by atoms with Crippen LogP contribution < -0.4 is 4.90 Å². The number of carbonyl (C=O) groups is 1. The fourth-order valence-electron chi connectivity index (χ4n) is 5.19. The number of nitriles is 1. The largest absolute Gasteiger partial charge is 0.367 e. The summed E-state index contributed by atoms with van der Waals surface area (Å²) in [5.41, 5.74) is 5.11. The Morgan fingerprint density at radius 2 is 1.94 bits per heavy atom. The lowest BCUT2D eigenvalue weighted by Crippen LogP contribution is -2.50. The fourth-order valence-corrected chi connectivity index (χ4v) is 5.19. The molecule has 4 heterocycles. The quantitative estimate of drug-likeness (QED) is 0.687. The van der Waals surface area contributed by atoms with Gasteiger partial charge in [-0.1, -0.05) is 0 Å². The minimum atomic E-state index is 0.0914. The SMILES string of the molecule is Cc1nn(C)cc1-c1cc2c(N3CCN(C(=O)[C@H]4CC[C@H](C#N)CC4)CC3)ccnc2[nH]1. The Labute approximate surface area is 187 Å². The lowest BCUT2D eigenvalue weighted by Gasteiger charge is -2.38. The maximum Gasteiger partial charge on any atom is 0.225 e. The highest BCUT2D eigenvalue weighted by Gasteiger charge is 2.31. The lowest BCUT2D eigenvalue weighted by molar-refractivity contribution is -0.137. The van der Waals surface area contributed by atoms with E-state index in [1.807, 2.05) is 35.9 Å². The topological polar surface area (TPSA) is 93.8 Å². The second kappa shape index (κ2) is 8.30.